The number of aliphatic hydroxyl groups is 2. The molecule has 65 heavy (non-hydrogen) atoms. The molecular formula is C35H54N7O19P3S. The van der Waals surface area contributed by atoms with Gasteiger partial charge in [-0.25, -0.2) is 28.6 Å². The number of nitrogen functional groups attached to an aromatic ring is 1. The average molecular weight is 1000 g/mol. The molecule has 2 fully saturated rings. The van der Waals surface area contributed by atoms with Crippen LogP contribution >= 0.6 is 35.2 Å². The molecule has 1 saturated carbocycles. The number of phosphoric ester groups is 3. The van der Waals surface area contributed by atoms with Crippen molar-refractivity contribution < 1.29 is 90.1 Å². The van der Waals surface area contributed by atoms with Crippen molar-refractivity contribution >= 4 is 80.7 Å². The molecule has 2 aromatic heterocycles. The summed E-state index contributed by atoms with van der Waals surface area (Å²) in [5.41, 5.74) is 4.21. The number of hydrogen-bond acceptors (Lipinski definition) is 20. The summed E-state index contributed by atoms with van der Waals surface area (Å²) in [6.45, 7) is 2.20. The summed E-state index contributed by atoms with van der Waals surface area (Å²) in [5, 5.41) is 26.1. The summed E-state index contributed by atoms with van der Waals surface area (Å²) in [5.74, 6) is -1.82. The molecule has 4 rings (SSSR count). The molecule has 2 amide bonds. The number of aromatic nitrogens is 4. The van der Waals surface area contributed by atoms with Crippen LogP contribution in [0.25, 0.3) is 11.2 Å². The molecule has 26 nitrogen and oxygen atoms in total. The van der Waals surface area contributed by atoms with Gasteiger partial charge in [-0.15, -0.1) is 0 Å². The number of aliphatic hydroxyl groups excluding tert-OH is 2. The highest BCUT2D eigenvalue weighted by Gasteiger charge is 2.50. The second kappa shape index (κ2) is 23.6. The Bertz CT molecular complexity index is 2210. The Hall–Kier alpha value is -3.36. The lowest BCUT2D eigenvalue weighted by Gasteiger charge is -2.30. The highest BCUT2D eigenvalue weighted by Crippen LogP contribution is 2.61. The number of nitrogens with two attached hydrogens (primary N) is 1. The van der Waals surface area contributed by atoms with Crippen LogP contribution in [-0.2, 0) is 60.3 Å². The first-order valence-electron chi connectivity index (χ1n) is 20.1. The van der Waals surface area contributed by atoms with Crippen molar-refractivity contribution in [3.8, 4) is 0 Å². The largest absolute Gasteiger partial charge is 0.481 e. The number of thioether (sulfide) groups is 1. The molecule has 0 radical (unpaired) electrons. The molecule has 0 bridgehead atoms. The molecular weight excluding hydrogens is 947 g/mol. The van der Waals surface area contributed by atoms with Crippen molar-refractivity contribution in [2.24, 2.45) is 17.3 Å². The molecule has 364 valence electrons. The number of imidazole rings is 1. The Balaban J connectivity index is 1.16. The van der Waals surface area contributed by atoms with Crippen LogP contribution in [0, 0.1) is 17.3 Å². The van der Waals surface area contributed by atoms with Crippen LogP contribution in [0.3, 0.4) is 0 Å². The van der Waals surface area contributed by atoms with Crippen LogP contribution in [0.4, 0.5) is 5.82 Å². The number of allylic oxidation sites excluding steroid dienone is 2. The lowest BCUT2D eigenvalue weighted by atomic mass is 9.87. The number of nitrogens with one attached hydrogen (secondary N) is 2. The third-order valence-electron chi connectivity index (χ3n) is 10.1. The van der Waals surface area contributed by atoms with Gasteiger partial charge >= 0.3 is 23.5 Å². The van der Waals surface area contributed by atoms with E-state index in [4.69, 9.17) is 19.5 Å². The van der Waals surface area contributed by atoms with Crippen LogP contribution in [0.2, 0.25) is 0 Å². The number of amides is 2. The summed E-state index contributed by atoms with van der Waals surface area (Å²) >= 11 is 0.876. The molecule has 0 spiro atoms. The third-order valence-corrected chi connectivity index (χ3v) is 14.1. The Labute approximate surface area is 376 Å². The van der Waals surface area contributed by atoms with E-state index in [0.717, 1.165) is 35.4 Å². The van der Waals surface area contributed by atoms with E-state index in [1.165, 1.54) is 13.8 Å². The van der Waals surface area contributed by atoms with Gasteiger partial charge in [-0.2, -0.15) is 4.31 Å². The molecule has 30 heteroatoms. The molecule has 0 aromatic carbocycles. The van der Waals surface area contributed by atoms with Gasteiger partial charge in [0, 0.05) is 49.4 Å². The van der Waals surface area contributed by atoms with Crippen LogP contribution in [0.5, 0.6) is 0 Å². The van der Waals surface area contributed by atoms with E-state index >= 15 is 0 Å². The second-order valence-electron chi connectivity index (χ2n) is 15.7. The summed E-state index contributed by atoms with van der Waals surface area (Å²) < 4.78 is 62.3. The van der Waals surface area contributed by atoms with Crippen molar-refractivity contribution in [1.29, 1.82) is 0 Å². The second-order valence-corrected chi connectivity index (χ2v) is 21.1. The molecule has 1 aliphatic carbocycles. The Kier molecular flexibility index (Phi) is 19.7. The van der Waals surface area contributed by atoms with Gasteiger partial charge in [-0.05, 0) is 25.2 Å². The van der Waals surface area contributed by atoms with Gasteiger partial charge in [0.2, 0.25) is 11.8 Å². The number of phosphoric acid groups is 3. The highest BCUT2D eigenvalue weighted by molar-refractivity contribution is 8.13. The van der Waals surface area contributed by atoms with Crippen molar-refractivity contribution in [2.75, 3.05) is 37.8 Å². The molecule has 3 heterocycles. The van der Waals surface area contributed by atoms with E-state index in [9.17, 15) is 67.5 Å². The summed E-state index contributed by atoms with van der Waals surface area (Å²) in [6.07, 6.45) is -0.847. The smallest absolute Gasteiger partial charge is 0.386 e. The molecule has 10 N–H and O–H groups in total. The molecule has 1 aliphatic heterocycles. The lowest BCUT2D eigenvalue weighted by molar-refractivity contribution is -0.137. The lowest BCUT2D eigenvalue weighted by Crippen LogP contribution is -2.46. The summed E-state index contributed by atoms with van der Waals surface area (Å²) in [7, 11) is -16.5. The number of Topliss-reactive ketones (excluding diaryl/α,β-unsaturated/α-hetero) is 2. The maximum absolute atomic E-state index is 12.7. The summed E-state index contributed by atoms with van der Waals surface area (Å²) in [6, 6.07) is 0. The van der Waals surface area contributed by atoms with Gasteiger partial charge in [-0.3, -0.25) is 42.1 Å². The average Bonchev–Trinajstić information content (AvgIpc) is 3.88. The molecule has 9 atom stereocenters. The zero-order valence-electron chi connectivity index (χ0n) is 35.4. The van der Waals surface area contributed by atoms with Gasteiger partial charge in [0.1, 0.15) is 47.8 Å². The first kappa shape index (κ1) is 54.2. The molecule has 2 aromatic rings. The SMILES string of the molecule is CC/C=C\CC1C(=O)CCC1CC(=O)CC(=O)SCCNC(=O)CCNC(=O)[C@H](O)C(C)(C)COP(=O)(O)OP(=O)(O)OC[C@H]1O[C@@H](n2cnc3c(N)ncnc32)[C@H](O)[C@@H]1OP(=O)(O)O. The zero-order chi connectivity index (χ0) is 48.3. The minimum Gasteiger partial charge on any atom is -0.386 e. The van der Waals surface area contributed by atoms with Crippen LogP contribution in [0.1, 0.15) is 71.9 Å². The minimum atomic E-state index is -5.60. The van der Waals surface area contributed by atoms with Crippen LogP contribution in [-0.4, -0.2) is 134 Å². The number of ether oxygens (including phenoxy) is 1. The monoisotopic (exact) mass is 1000 g/mol. The third kappa shape index (κ3) is 16.4. The Morgan fingerprint density at radius 3 is 2.46 bits per heavy atom. The van der Waals surface area contributed by atoms with E-state index in [2.05, 4.69) is 34.4 Å². The standard InChI is InChI=1S/C35H54N7O19P3S/c1-4-5-6-7-22-20(8-9-23(22)44)14-21(43)15-26(46)65-13-12-37-25(45)10-11-38-33(49)30(48)35(2,3)17-58-64(55,56)61-63(53,54)57-16-24-29(60-62(50,51)52)28(47)34(59-24)42-19-41-27-31(36)39-18-40-32(27)42/h5-6,18-20,22,24,28-30,34,47-48H,4,7-17H2,1-3H3,(H,37,45)(H,38,49)(H,53,54)(H,55,56)(H2,36,39,40)(H2,50,51,52)/b6-5-/t20?,22?,24-,28-,29-,30+,34-/m1/s1. The van der Waals surface area contributed by atoms with Crippen LogP contribution < -0.4 is 16.4 Å². The number of carbonyl (C=O) groups is 5. The van der Waals surface area contributed by atoms with E-state index in [-0.39, 0.29) is 83.6 Å². The van der Waals surface area contributed by atoms with Gasteiger partial charge in [0.25, 0.3) is 0 Å². The Morgan fingerprint density at radius 1 is 1.06 bits per heavy atom. The van der Waals surface area contributed by atoms with E-state index in [1.807, 2.05) is 19.1 Å². The predicted molar refractivity (Wildman–Crippen MR) is 227 cm³/mol. The van der Waals surface area contributed by atoms with Crippen molar-refractivity contribution in [3.05, 3.63) is 24.8 Å². The minimum absolute atomic E-state index is 0.0197. The van der Waals surface area contributed by atoms with Gasteiger partial charge < -0.3 is 50.9 Å². The number of ketones is 2. The Morgan fingerprint density at radius 2 is 1.77 bits per heavy atom. The predicted octanol–water partition coefficient (Wildman–Crippen LogP) is 0.966. The van der Waals surface area contributed by atoms with Gasteiger partial charge in [-0.1, -0.05) is 44.7 Å². The number of hydrogen-bond donors (Lipinski definition) is 9. The zero-order valence-corrected chi connectivity index (χ0v) is 38.9. The van der Waals surface area contributed by atoms with Crippen molar-refractivity contribution in [2.45, 2.75) is 96.4 Å². The van der Waals surface area contributed by atoms with Crippen molar-refractivity contribution in [3.63, 3.8) is 0 Å². The van der Waals surface area contributed by atoms with E-state index in [1.54, 1.807) is 0 Å². The number of nitrogens with zero attached hydrogens (tertiary/aromatic N) is 4. The fourth-order valence-corrected chi connectivity index (χ4v) is 10.4. The number of fused-ring (bicyclic) bond motifs is 1. The van der Waals surface area contributed by atoms with Crippen LogP contribution in [0.15, 0.2) is 24.8 Å². The quantitative estimate of drug-likeness (QED) is 0.0274. The topological polar surface area (TPSA) is 398 Å². The summed E-state index contributed by atoms with van der Waals surface area (Å²) in [4.78, 5) is 113. The number of rotatable bonds is 26. The maximum atomic E-state index is 12.7. The van der Waals surface area contributed by atoms with Gasteiger partial charge in [0.15, 0.2) is 22.8 Å². The van der Waals surface area contributed by atoms with E-state index < -0.39 is 84.6 Å². The number of anilines is 1. The normalized spacial score (nSPS) is 23.9. The number of carbonyl (C=O) groups excluding carboxylic acids is 5. The molecule has 1 saturated heterocycles. The first-order chi connectivity index (χ1) is 30.3. The fourth-order valence-electron chi connectivity index (χ4n) is 6.83. The molecule has 2 aliphatic rings. The first-order valence-corrected chi connectivity index (χ1v) is 25.6. The van der Waals surface area contributed by atoms with Gasteiger partial charge in [0.05, 0.1) is 26.0 Å². The van der Waals surface area contributed by atoms with Crippen molar-refractivity contribution in [1.82, 2.24) is 30.2 Å². The highest BCUT2D eigenvalue weighted by atomic mass is 32.2. The molecule has 4 unspecified atom stereocenters. The fraction of sp³-hybridized carbons (Fsp3) is 0.657. The van der Waals surface area contributed by atoms with E-state index in [0.29, 0.717) is 19.3 Å². The maximum Gasteiger partial charge on any atom is 0.481 e.